The molecule has 0 fully saturated rings. The minimum absolute atomic E-state index is 0. The first-order chi connectivity index (χ1) is 6.15. The van der Waals surface area contributed by atoms with E-state index in [2.05, 4.69) is 5.73 Å². The predicted octanol–water partition coefficient (Wildman–Crippen LogP) is 1.17. The number of hydrogen-bond acceptors (Lipinski definition) is 3. The third-order valence-corrected chi connectivity index (χ3v) is 0.667. The summed E-state index contributed by atoms with van der Waals surface area (Å²) in [6.07, 6.45) is -1.33. The maximum atomic E-state index is 8.78. The fourth-order valence-electron chi connectivity index (χ4n) is 0.385. The van der Waals surface area contributed by atoms with E-state index in [1.165, 1.54) is 0 Å². The number of nitrogens with two attached hydrogens (primary N) is 1. The molecule has 1 amide bonds. The molecule has 1 aromatic carbocycles. The fraction of sp³-hybridized carbons (Fsp3) is 0. The summed E-state index contributed by atoms with van der Waals surface area (Å²) >= 11 is 0. The average molecular weight is 202 g/mol. The van der Waals surface area contributed by atoms with E-state index in [1.54, 1.807) is 0 Å². The second-order valence-electron chi connectivity index (χ2n) is 1.60. The molecule has 0 unspecified atom stereocenters. The van der Waals surface area contributed by atoms with Gasteiger partial charge in [0.1, 0.15) is 0 Å². The number of rotatable bonds is 0. The van der Waals surface area contributed by atoms with E-state index < -0.39 is 6.09 Å². The van der Waals surface area contributed by atoms with Gasteiger partial charge in [-0.1, -0.05) is 36.4 Å². The summed E-state index contributed by atoms with van der Waals surface area (Å²) in [5.41, 5.74) is 4.03. The molecule has 0 bridgehead atoms. The molecule has 0 radical (unpaired) electrons. The summed E-state index contributed by atoms with van der Waals surface area (Å²) in [6.45, 7) is -0.250. The summed E-state index contributed by atoms with van der Waals surface area (Å²) in [5.74, 6) is 0. The normalized spacial score (nSPS) is 6.00. The number of benzene rings is 1. The van der Waals surface area contributed by atoms with Crippen molar-refractivity contribution in [2.45, 2.75) is 0 Å². The van der Waals surface area contributed by atoms with Crippen LogP contribution in [0.1, 0.15) is 0 Å². The van der Waals surface area contributed by atoms with Crippen LogP contribution in [0, 0.1) is 0 Å². The Hall–Kier alpha value is -2.08. The minimum Gasteiger partial charge on any atom is -0.483 e. The van der Waals surface area contributed by atoms with Crippen molar-refractivity contribution < 1.29 is 19.8 Å². The molecule has 6 heteroatoms. The Morgan fingerprint density at radius 2 is 1.14 bits per heavy atom. The number of carbonyl (C=O) groups is 2. The van der Waals surface area contributed by atoms with Crippen LogP contribution in [0.2, 0.25) is 0 Å². The zero-order valence-electron chi connectivity index (χ0n) is 7.54. The van der Waals surface area contributed by atoms with Crippen molar-refractivity contribution in [1.29, 1.82) is 0 Å². The van der Waals surface area contributed by atoms with Gasteiger partial charge in [0.05, 0.1) is 0 Å². The van der Waals surface area contributed by atoms with Gasteiger partial charge in [0.15, 0.2) is 0 Å². The molecule has 1 aromatic rings. The van der Waals surface area contributed by atoms with Crippen molar-refractivity contribution in [3.05, 3.63) is 36.4 Å². The van der Waals surface area contributed by atoms with Gasteiger partial charge in [-0.25, -0.2) is 4.79 Å². The highest BCUT2D eigenvalue weighted by molar-refractivity contribution is 5.61. The van der Waals surface area contributed by atoms with Gasteiger partial charge in [0.25, 0.3) is 6.47 Å². The van der Waals surface area contributed by atoms with E-state index in [-0.39, 0.29) is 12.6 Å². The predicted molar refractivity (Wildman–Crippen MR) is 52.4 cm³/mol. The summed E-state index contributed by atoms with van der Waals surface area (Å²) in [5, 5.41) is 14.1. The van der Waals surface area contributed by atoms with Crippen LogP contribution in [0.25, 0.3) is 0 Å². The van der Waals surface area contributed by atoms with Gasteiger partial charge < -0.3 is 22.1 Å². The topological polar surface area (TPSA) is 136 Å². The quantitative estimate of drug-likeness (QED) is 0.468. The Bertz CT molecular complexity index is 185. The Labute approximate surface area is 81.6 Å². The first kappa shape index (κ1) is 17.9. The number of amides is 1. The Morgan fingerprint density at radius 3 is 1.21 bits per heavy atom. The highest BCUT2D eigenvalue weighted by Gasteiger charge is 1.65. The summed E-state index contributed by atoms with van der Waals surface area (Å²) in [6, 6.07) is 12.0. The number of carboxylic acid groups (broad SMARTS) is 2. The lowest BCUT2D eigenvalue weighted by molar-refractivity contribution is -0.122. The van der Waals surface area contributed by atoms with E-state index in [0.717, 1.165) is 0 Å². The maximum absolute atomic E-state index is 8.78. The molecular weight excluding hydrogens is 188 g/mol. The van der Waals surface area contributed by atoms with Gasteiger partial charge in [-0.15, -0.1) is 0 Å². The number of hydrogen-bond donors (Lipinski definition) is 4. The summed E-state index contributed by atoms with van der Waals surface area (Å²) in [4.78, 5) is 17.1. The maximum Gasteiger partial charge on any atom is 0.402 e. The molecule has 0 saturated heterocycles. The van der Waals surface area contributed by atoms with Crippen LogP contribution in [0.5, 0.6) is 0 Å². The molecule has 6 nitrogen and oxygen atoms in total. The Kier molecular flexibility index (Phi) is 21.9. The number of primary amides is 1. The molecule has 0 aliphatic carbocycles. The van der Waals surface area contributed by atoms with Crippen molar-refractivity contribution in [2.75, 3.05) is 0 Å². The van der Waals surface area contributed by atoms with Crippen LogP contribution >= 0.6 is 0 Å². The lowest BCUT2D eigenvalue weighted by atomic mass is 10.4. The molecule has 14 heavy (non-hydrogen) atoms. The molecule has 0 aromatic heterocycles. The highest BCUT2D eigenvalue weighted by atomic mass is 16.4. The standard InChI is InChI=1S/C6H6.CH3NO2.CH2O2.H3N/c1-2-4-6-5-3-1;2-1(3)4;2-1-3;/h1-6H;2H2,(H,3,4);1H,(H,2,3);1H3. The van der Waals surface area contributed by atoms with Crippen LogP contribution < -0.4 is 11.9 Å². The van der Waals surface area contributed by atoms with Gasteiger partial charge in [0, 0.05) is 0 Å². The Balaban J connectivity index is -0.000000135. The molecular formula is C8H14N2O4. The SMILES string of the molecule is N.NC(=O)O.O=CO.c1ccccc1. The largest absolute Gasteiger partial charge is 0.483 e. The monoisotopic (exact) mass is 202 g/mol. The molecule has 0 heterocycles. The van der Waals surface area contributed by atoms with E-state index in [0.29, 0.717) is 0 Å². The van der Waals surface area contributed by atoms with E-state index in [9.17, 15) is 0 Å². The third-order valence-electron chi connectivity index (χ3n) is 0.667. The zero-order chi connectivity index (χ0) is 10.5. The van der Waals surface area contributed by atoms with Crippen LogP contribution in [0.3, 0.4) is 0 Å². The molecule has 0 atom stereocenters. The molecule has 80 valence electrons. The summed E-state index contributed by atoms with van der Waals surface area (Å²) in [7, 11) is 0. The lowest BCUT2D eigenvalue weighted by Crippen LogP contribution is -2.03. The van der Waals surface area contributed by atoms with Crippen molar-refractivity contribution in [3.8, 4) is 0 Å². The first-order valence-corrected chi connectivity index (χ1v) is 3.21. The zero-order valence-corrected chi connectivity index (χ0v) is 7.54. The first-order valence-electron chi connectivity index (χ1n) is 3.21. The van der Waals surface area contributed by atoms with Crippen molar-refractivity contribution >= 4 is 12.6 Å². The van der Waals surface area contributed by atoms with Crippen molar-refractivity contribution in [3.63, 3.8) is 0 Å². The van der Waals surface area contributed by atoms with Gasteiger partial charge in [-0.2, -0.15) is 0 Å². The van der Waals surface area contributed by atoms with Crippen LogP contribution in [-0.2, 0) is 4.79 Å². The van der Waals surface area contributed by atoms with Gasteiger partial charge in [-0.05, 0) is 0 Å². The molecule has 0 aliphatic rings. The third kappa shape index (κ3) is 51.4. The lowest BCUT2D eigenvalue weighted by Gasteiger charge is -1.69. The van der Waals surface area contributed by atoms with Gasteiger partial charge >= 0.3 is 6.09 Å². The summed E-state index contributed by atoms with van der Waals surface area (Å²) < 4.78 is 0. The highest BCUT2D eigenvalue weighted by Crippen LogP contribution is 1.79. The second kappa shape index (κ2) is 17.1. The van der Waals surface area contributed by atoms with Crippen molar-refractivity contribution in [1.82, 2.24) is 6.15 Å². The van der Waals surface area contributed by atoms with E-state index in [4.69, 9.17) is 19.8 Å². The van der Waals surface area contributed by atoms with Gasteiger partial charge in [-0.3, -0.25) is 4.79 Å². The molecule has 7 N–H and O–H groups in total. The van der Waals surface area contributed by atoms with E-state index in [1.807, 2.05) is 36.4 Å². The average Bonchev–Trinajstić information content (AvgIpc) is 2.08. The smallest absolute Gasteiger partial charge is 0.402 e. The van der Waals surface area contributed by atoms with Crippen LogP contribution in [0.15, 0.2) is 36.4 Å². The van der Waals surface area contributed by atoms with Crippen molar-refractivity contribution in [2.24, 2.45) is 5.73 Å². The Morgan fingerprint density at radius 1 is 1.07 bits per heavy atom. The van der Waals surface area contributed by atoms with Gasteiger partial charge in [0.2, 0.25) is 0 Å². The molecule has 1 rings (SSSR count). The van der Waals surface area contributed by atoms with E-state index >= 15 is 0 Å². The minimum atomic E-state index is -1.33. The molecule has 0 saturated carbocycles. The fourth-order valence-corrected chi connectivity index (χ4v) is 0.385. The molecule has 0 spiro atoms. The molecule has 0 aliphatic heterocycles. The second-order valence-corrected chi connectivity index (χ2v) is 1.60. The van der Waals surface area contributed by atoms with Crippen LogP contribution in [-0.4, -0.2) is 22.8 Å². The van der Waals surface area contributed by atoms with Crippen LogP contribution in [0.4, 0.5) is 4.79 Å².